The highest BCUT2D eigenvalue weighted by molar-refractivity contribution is 6.00. The summed E-state index contributed by atoms with van der Waals surface area (Å²) in [5.74, 6) is 1.32. The zero-order chi connectivity index (χ0) is 21.0. The van der Waals surface area contributed by atoms with Crippen LogP contribution < -0.4 is 19.5 Å². The largest absolute Gasteiger partial charge is 0.493 e. The zero-order valence-electron chi connectivity index (χ0n) is 17.5. The Morgan fingerprint density at radius 3 is 2.21 bits per heavy atom. The van der Waals surface area contributed by atoms with E-state index < -0.39 is 0 Å². The van der Waals surface area contributed by atoms with Gasteiger partial charge in [-0.2, -0.15) is 0 Å². The summed E-state index contributed by atoms with van der Waals surface area (Å²) in [6.07, 6.45) is 0. The van der Waals surface area contributed by atoms with Gasteiger partial charge >= 0.3 is 0 Å². The molecule has 0 bridgehead atoms. The molecule has 0 spiro atoms. The van der Waals surface area contributed by atoms with Gasteiger partial charge in [-0.1, -0.05) is 24.3 Å². The Morgan fingerprint density at radius 2 is 1.62 bits per heavy atom. The first-order valence-electron chi connectivity index (χ1n) is 9.29. The van der Waals surface area contributed by atoms with Crippen LogP contribution in [-0.2, 0) is 13.1 Å². The number of amides is 1. The lowest BCUT2D eigenvalue weighted by atomic mass is 10.1. The Bertz CT molecular complexity index is 993. The van der Waals surface area contributed by atoms with Crippen molar-refractivity contribution in [3.63, 3.8) is 0 Å². The number of ether oxygens (including phenoxy) is 3. The highest BCUT2D eigenvalue weighted by Gasteiger charge is 2.19. The highest BCUT2D eigenvalue weighted by Crippen LogP contribution is 2.43. The third-order valence-corrected chi connectivity index (χ3v) is 4.64. The zero-order valence-corrected chi connectivity index (χ0v) is 17.5. The standard InChI is InChI=1S/C22H27N3O4/c1-25(2)13-15-8-6-14(7-9-15)12-23-22(26)17-10-16-11-18(27-3)20(28-4)21(29-5)19(16)24-17/h6-11,24H,12-13H2,1-5H3,(H,23,26). The summed E-state index contributed by atoms with van der Waals surface area (Å²) in [6, 6.07) is 11.8. The molecule has 7 heteroatoms. The minimum Gasteiger partial charge on any atom is -0.493 e. The Hall–Kier alpha value is -3.19. The normalized spacial score (nSPS) is 11.0. The van der Waals surface area contributed by atoms with Crippen LogP contribution in [0.1, 0.15) is 21.6 Å². The first kappa shape index (κ1) is 20.5. The molecule has 2 N–H and O–H groups in total. The molecule has 0 unspecified atom stereocenters. The third-order valence-electron chi connectivity index (χ3n) is 4.64. The third kappa shape index (κ3) is 4.46. The van der Waals surface area contributed by atoms with Crippen molar-refractivity contribution in [3.05, 3.63) is 53.2 Å². The van der Waals surface area contributed by atoms with Crippen LogP contribution in [0.15, 0.2) is 36.4 Å². The summed E-state index contributed by atoms with van der Waals surface area (Å²) >= 11 is 0. The number of carbonyl (C=O) groups excluding carboxylic acids is 1. The number of benzene rings is 2. The van der Waals surface area contributed by atoms with E-state index in [-0.39, 0.29) is 5.91 Å². The number of nitrogens with zero attached hydrogens (tertiary/aromatic N) is 1. The predicted molar refractivity (Wildman–Crippen MR) is 113 cm³/mol. The maximum Gasteiger partial charge on any atom is 0.267 e. The summed E-state index contributed by atoms with van der Waals surface area (Å²) < 4.78 is 16.3. The van der Waals surface area contributed by atoms with Crippen LogP contribution in [0.25, 0.3) is 10.9 Å². The maximum atomic E-state index is 12.7. The van der Waals surface area contributed by atoms with Crippen LogP contribution in [0, 0.1) is 0 Å². The van der Waals surface area contributed by atoms with Gasteiger partial charge in [-0.25, -0.2) is 0 Å². The number of hydrogen-bond donors (Lipinski definition) is 2. The number of carbonyl (C=O) groups is 1. The van der Waals surface area contributed by atoms with Gasteiger partial charge in [0.1, 0.15) is 5.69 Å². The molecule has 2 aromatic carbocycles. The Balaban J connectivity index is 1.77. The summed E-state index contributed by atoms with van der Waals surface area (Å²) in [4.78, 5) is 17.9. The second-order valence-corrected chi connectivity index (χ2v) is 7.03. The van der Waals surface area contributed by atoms with E-state index in [9.17, 15) is 4.79 Å². The molecule has 7 nitrogen and oxygen atoms in total. The molecule has 0 aliphatic heterocycles. The monoisotopic (exact) mass is 397 g/mol. The van der Waals surface area contributed by atoms with Crippen LogP contribution in [-0.4, -0.2) is 51.2 Å². The highest BCUT2D eigenvalue weighted by atomic mass is 16.5. The smallest absolute Gasteiger partial charge is 0.267 e. The van der Waals surface area contributed by atoms with Crippen molar-refractivity contribution >= 4 is 16.8 Å². The second-order valence-electron chi connectivity index (χ2n) is 7.03. The maximum absolute atomic E-state index is 12.7. The second kappa shape index (κ2) is 8.87. The topological polar surface area (TPSA) is 75.8 Å². The first-order valence-corrected chi connectivity index (χ1v) is 9.29. The average Bonchev–Trinajstić information content (AvgIpc) is 3.14. The Labute approximate surface area is 170 Å². The van der Waals surface area contributed by atoms with Gasteiger partial charge in [-0.3, -0.25) is 4.79 Å². The number of hydrogen-bond acceptors (Lipinski definition) is 5. The number of H-pyrrole nitrogens is 1. The van der Waals surface area contributed by atoms with Gasteiger partial charge in [0.25, 0.3) is 5.91 Å². The lowest BCUT2D eigenvalue weighted by Crippen LogP contribution is -2.23. The molecule has 1 heterocycles. The van der Waals surface area contributed by atoms with E-state index in [1.807, 2.05) is 32.3 Å². The Morgan fingerprint density at radius 1 is 0.966 bits per heavy atom. The van der Waals surface area contributed by atoms with Gasteiger partial charge in [-0.05, 0) is 37.4 Å². The molecule has 0 aliphatic carbocycles. The number of aromatic amines is 1. The van der Waals surface area contributed by atoms with Crippen LogP contribution >= 0.6 is 0 Å². The summed E-state index contributed by atoms with van der Waals surface area (Å²) in [5, 5.41) is 3.75. The van der Waals surface area contributed by atoms with Gasteiger partial charge in [0.05, 0.1) is 26.8 Å². The van der Waals surface area contributed by atoms with Crippen molar-refractivity contribution in [2.75, 3.05) is 35.4 Å². The lowest BCUT2D eigenvalue weighted by molar-refractivity contribution is 0.0946. The molecule has 154 valence electrons. The SMILES string of the molecule is COc1cc2cc(C(=O)NCc3ccc(CN(C)C)cc3)[nH]c2c(OC)c1OC. The van der Waals surface area contributed by atoms with Crippen molar-refractivity contribution < 1.29 is 19.0 Å². The molecule has 0 atom stereocenters. The fraction of sp³-hybridized carbons (Fsp3) is 0.318. The van der Waals surface area contributed by atoms with E-state index >= 15 is 0 Å². The van der Waals surface area contributed by atoms with E-state index in [0.717, 1.165) is 17.5 Å². The van der Waals surface area contributed by atoms with Crippen molar-refractivity contribution in [1.82, 2.24) is 15.2 Å². The molecule has 0 saturated heterocycles. The Kier molecular flexibility index (Phi) is 6.29. The van der Waals surface area contributed by atoms with E-state index in [2.05, 4.69) is 27.3 Å². The quantitative estimate of drug-likeness (QED) is 0.611. The van der Waals surface area contributed by atoms with E-state index in [4.69, 9.17) is 14.2 Å². The minimum atomic E-state index is -0.196. The van der Waals surface area contributed by atoms with Gasteiger partial charge in [-0.15, -0.1) is 0 Å². The van der Waals surface area contributed by atoms with Crippen LogP contribution in [0.4, 0.5) is 0 Å². The summed E-state index contributed by atoms with van der Waals surface area (Å²) in [5.41, 5.74) is 3.40. The van der Waals surface area contributed by atoms with E-state index in [1.54, 1.807) is 27.4 Å². The van der Waals surface area contributed by atoms with Crippen molar-refractivity contribution in [2.45, 2.75) is 13.1 Å². The van der Waals surface area contributed by atoms with Gasteiger partial charge in [0.15, 0.2) is 11.5 Å². The van der Waals surface area contributed by atoms with Gasteiger partial charge < -0.3 is 29.4 Å². The molecule has 3 rings (SSSR count). The number of aromatic nitrogens is 1. The predicted octanol–water partition coefficient (Wildman–Crippen LogP) is 3.19. The molecule has 29 heavy (non-hydrogen) atoms. The van der Waals surface area contributed by atoms with E-state index in [0.29, 0.717) is 35.0 Å². The molecule has 0 aliphatic rings. The molecule has 0 radical (unpaired) electrons. The summed E-state index contributed by atoms with van der Waals surface area (Å²) in [6.45, 7) is 1.33. The molecular formula is C22H27N3O4. The number of rotatable bonds is 8. The van der Waals surface area contributed by atoms with Crippen LogP contribution in [0.2, 0.25) is 0 Å². The van der Waals surface area contributed by atoms with Gasteiger partial charge in [0.2, 0.25) is 5.75 Å². The number of nitrogens with one attached hydrogen (secondary N) is 2. The minimum absolute atomic E-state index is 0.196. The van der Waals surface area contributed by atoms with Crippen molar-refractivity contribution in [3.8, 4) is 17.2 Å². The molecule has 0 saturated carbocycles. The van der Waals surface area contributed by atoms with Crippen LogP contribution in [0.3, 0.4) is 0 Å². The number of fused-ring (bicyclic) bond motifs is 1. The van der Waals surface area contributed by atoms with Crippen molar-refractivity contribution in [1.29, 1.82) is 0 Å². The van der Waals surface area contributed by atoms with Gasteiger partial charge in [0, 0.05) is 18.5 Å². The molecule has 1 amide bonds. The van der Waals surface area contributed by atoms with Crippen molar-refractivity contribution in [2.24, 2.45) is 0 Å². The van der Waals surface area contributed by atoms with E-state index in [1.165, 1.54) is 5.56 Å². The summed E-state index contributed by atoms with van der Waals surface area (Å²) in [7, 11) is 8.74. The molecule has 0 fully saturated rings. The molecular weight excluding hydrogens is 370 g/mol. The van der Waals surface area contributed by atoms with Crippen LogP contribution in [0.5, 0.6) is 17.2 Å². The number of methoxy groups -OCH3 is 3. The lowest BCUT2D eigenvalue weighted by Gasteiger charge is -2.12. The molecule has 1 aromatic heterocycles. The fourth-order valence-corrected chi connectivity index (χ4v) is 3.27. The molecule has 3 aromatic rings. The first-order chi connectivity index (χ1) is 14.0. The average molecular weight is 397 g/mol. The fourth-order valence-electron chi connectivity index (χ4n) is 3.27.